The van der Waals surface area contributed by atoms with Crippen LogP contribution in [-0.2, 0) is 0 Å². The van der Waals surface area contributed by atoms with Gasteiger partial charge in [0, 0.05) is 14.0 Å². The molecule has 2 aromatic carbocycles. The number of halogens is 3. The first-order valence-corrected chi connectivity index (χ1v) is 8.51. The Balaban J connectivity index is 2.41. The van der Waals surface area contributed by atoms with E-state index in [0.717, 1.165) is 26.9 Å². The third-order valence-electron chi connectivity index (χ3n) is 3.00. The second-order valence-electron chi connectivity index (χ2n) is 4.64. The summed E-state index contributed by atoms with van der Waals surface area (Å²) in [5, 5.41) is 4.35. The van der Waals surface area contributed by atoms with E-state index in [0.29, 0.717) is 0 Å². The first-order valence-electron chi connectivity index (χ1n) is 6.55. The summed E-state index contributed by atoms with van der Waals surface area (Å²) in [4.78, 5) is 0. The standard InChI is InChI=1S/C16H16Br2ClN/c1-2-6-20-16(11-4-3-5-15(19)9-11)12-7-13(17)10-14(18)8-12/h3-5,7-10,16,20H,2,6H2,1H3. The fraction of sp³-hybridized carbons (Fsp3) is 0.250. The summed E-state index contributed by atoms with van der Waals surface area (Å²) >= 11 is 13.2. The Kier molecular flexibility index (Phi) is 6.09. The van der Waals surface area contributed by atoms with E-state index in [2.05, 4.69) is 62.3 Å². The van der Waals surface area contributed by atoms with Gasteiger partial charge in [-0.15, -0.1) is 0 Å². The monoisotopic (exact) mass is 415 g/mol. The van der Waals surface area contributed by atoms with Crippen LogP contribution in [0.25, 0.3) is 0 Å². The Bertz CT molecular complexity index is 566. The molecule has 2 aromatic rings. The summed E-state index contributed by atoms with van der Waals surface area (Å²) in [7, 11) is 0. The molecule has 1 atom stereocenters. The van der Waals surface area contributed by atoms with Crippen molar-refractivity contribution in [2.45, 2.75) is 19.4 Å². The molecule has 0 aliphatic carbocycles. The maximum atomic E-state index is 6.13. The van der Waals surface area contributed by atoms with Crippen LogP contribution in [0.3, 0.4) is 0 Å². The highest BCUT2D eigenvalue weighted by Gasteiger charge is 2.14. The van der Waals surface area contributed by atoms with E-state index in [9.17, 15) is 0 Å². The molecule has 0 heterocycles. The van der Waals surface area contributed by atoms with Crippen LogP contribution < -0.4 is 5.32 Å². The summed E-state index contributed by atoms with van der Waals surface area (Å²) in [6, 6.07) is 14.5. The van der Waals surface area contributed by atoms with Crippen molar-refractivity contribution in [3.8, 4) is 0 Å². The van der Waals surface area contributed by atoms with Crippen LogP contribution in [0, 0.1) is 0 Å². The summed E-state index contributed by atoms with van der Waals surface area (Å²) in [5.41, 5.74) is 2.39. The average molecular weight is 418 g/mol. The summed E-state index contributed by atoms with van der Waals surface area (Å²) < 4.78 is 2.12. The van der Waals surface area contributed by atoms with Crippen LogP contribution in [-0.4, -0.2) is 6.54 Å². The number of rotatable bonds is 5. The fourth-order valence-corrected chi connectivity index (χ4v) is 3.67. The molecule has 0 radical (unpaired) electrons. The lowest BCUT2D eigenvalue weighted by atomic mass is 9.98. The molecule has 0 aliphatic heterocycles. The summed E-state index contributed by atoms with van der Waals surface area (Å²) in [5.74, 6) is 0. The van der Waals surface area contributed by atoms with Crippen molar-refractivity contribution in [1.82, 2.24) is 5.32 Å². The van der Waals surface area contributed by atoms with Gasteiger partial charge < -0.3 is 5.32 Å². The van der Waals surface area contributed by atoms with Gasteiger partial charge in [0.25, 0.3) is 0 Å². The van der Waals surface area contributed by atoms with Gasteiger partial charge in [-0.25, -0.2) is 0 Å². The normalized spacial score (nSPS) is 12.4. The lowest BCUT2D eigenvalue weighted by Gasteiger charge is -2.20. The van der Waals surface area contributed by atoms with Gasteiger partial charge in [0.05, 0.1) is 6.04 Å². The van der Waals surface area contributed by atoms with E-state index in [1.54, 1.807) is 0 Å². The Morgan fingerprint density at radius 1 is 1.05 bits per heavy atom. The zero-order chi connectivity index (χ0) is 14.5. The van der Waals surface area contributed by atoms with E-state index in [1.807, 2.05) is 24.3 Å². The second kappa shape index (κ2) is 7.60. The highest BCUT2D eigenvalue weighted by molar-refractivity contribution is 9.11. The maximum Gasteiger partial charge on any atom is 0.0578 e. The van der Waals surface area contributed by atoms with E-state index >= 15 is 0 Å². The van der Waals surface area contributed by atoms with Crippen molar-refractivity contribution < 1.29 is 0 Å². The molecule has 0 aliphatic rings. The smallest absolute Gasteiger partial charge is 0.0578 e. The summed E-state index contributed by atoms with van der Waals surface area (Å²) in [6.45, 7) is 3.13. The Morgan fingerprint density at radius 3 is 2.35 bits per heavy atom. The molecule has 106 valence electrons. The van der Waals surface area contributed by atoms with Gasteiger partial charge >= 0.3 is 0 Å². The van der Waals surface area contributed by atoms with E-state index in [4.69, 9.17) is 11.6 Å². The number of benzene rings is 2. The largest absolute Gasteiger partial charge is 0.306 e. The minimum absolute atomic E-state index is 0.141. The molecule has 2 rings (SSSR count). The molecule has 0 spiro atoms. The highest BCUT2D eigenvalue weighted by atomic mass is 79.9. The van der Waals surface area contributed by atoms with Gasteiger partial charge in [-0.1, -0.05) is 62.5 Å². The summed E-state index contributed by atoms with van der Waals surface area (Å²) in [6.07, 6.45) is 1.09. The first kappa shape index (κ1) is 16.0. The van der Waals surface area contributed by atoms with Gasteiger partial charge in [0.1, 0.15) is 0 Å². The molecule has 0 saturated heterocycles. The minimum atomic E-state index is 0.141. The minimum Gasteiger partial charge on any atom is -0.306 e. The number of hydrogen-bond acceptors (Lipinski definition) is 1. The number of hydrogen-bond donors (Lipinski definition) is 1. The van der Waals surface area contributed by atoms with Crippen LogP contribution in [0.2, 0.25) is 5.02 Å². The SMILES string of the molecule is CCCNC(c1cccc(Cl)c1)c1cc(Br)cc(Br)c1. The molecule has 0 fully saturated rings. The zero-order valence-electron chi connectivity index (χ0n) is 11.2. The molecule has 0 aromatic heterocycles. The van der Waals surface area contributed by atoms with Crippen molar-refractivity contribution in [3.05, 3.63) is 67.6 Å². The molecule has 1 nitrogen and oxygen atoms in total. The lowest BCUT2D eigenvalue weighted by Crippen LogP contribution is -2.23. The van der Waals surface area contributed by atoms with Crippen molar-refractivity contribution in [2.75, 3.05) is 6.54 Å². The molecular formula is C16H16Br2ClN. The maximum absolute atomic E-state index is 6.13. The van der Waals surface area contributed by atoms with Crippen molar-refractivity contribution in [3.63, 3.8) is 0 Å². The Labute approximate surface area is 142 Å². The fourth-order valence-electron chi connectivity index (χ4n) is 2.14. The topological polar surface area (TPSA) is 12.0 Å². The molecule has 0 bridgehead atoms. The highest BCUT2D eigenvalue weighted by Crippen LogP contribution is 2.29. The van der Waals surface area contributed by atoms with Gasteiger partial charge in [-0.05, 0) is 54.4 Å². The third kappa shape index (κ3) is 4.32. The van der Waals surface area contributed by atoms with Gasteiger partial charge in [-0.3, -0.25) is 0 Å². The Hall–Kier alpha value is -0.350. The van der Waals surface area contributed by atoms with E-state index in [-0.39, 0.29) is 6.04 Å². The van der Waals surface area contributed by atoms with E-state index < -0.39 is 0 Å². The van der Waals surface area contributed by atoms with Crippen LogP contribution in [0.4, 0.5) is 0 Å². The van der Waals surface area contributed by atoms with Crippen molar-refractivity contribution in [2.24, 2.45) is 0 Å². The van der Waals surface area contributed by atoms with Crippen LogP contribution in [0.5, 0.6) is 0 Å². The van der Waals surface area contributed by atoms with Crippen molar-refractivity contribution in [1.29, 1.82) is 0 Å². The molecule has 4 heteroatoms. The van der Waals surface area contributed by atoms with Gasteiger partial charge in [0.15, 0.2) is 0 Å². The molecule has 0 saturated carbocycles. The van der Waals surface area contributed by atoms with Crippen LogP contribution >= 0.6 is 43.5 Å². The van der Waals surface area contributed by atoms with E-state index in [1.165, 1.54) is 11.1 Å². The predicted molar refractivity (Wildman–Crippen MR) is 93.4 cm³/mol. The average Bonchev–Trinajstić information content (AvgIpc) is 2.38. The molecule has 1 unspecified atom stereocenters. The molecule has 0 amide bonds. The molecule has 1 N–H and O–H groups in total. The quantitative estimate of drug-likeness (QED) is 0.633. The van der Waals surface area contributed by atoms with Gasteiger partial charge in [-0.2, -0.15) is 0 Å². The van der Waals surface area contributed by atoms with Crippen LogP contribution in [0.15, 0.2) is 51.4 Å². The lowest BCUT2D eigenvalue weighted by molar-refractivity contribution is 0.598. The molecular weight excluding hydrogens is 401 g/mol. The van der Waals surface area contributed by atoms with Gasteiger partial charge in [0.2, 0.25) is 0 Å². The number of nitrogens with one attached hydrogen (secondary N) is 1. The third-order valence-corrected chi connectivity index (χ3v) is 4.15. The molecule has 20 heavy (non-hydrogen) atoms. The first-order chi connectivity index (χ1) is 9.60. The second-order valence-corrected chi connectivity index (χ2v) is 6.91. The van der Waals surface area contributed by atoms with Crippen molar-refractivity contribution >= 4 is 43.5 Å². The van der Waals surface area contributed by atoms with Crippen LogP contribution in [0.1, 0.15) is 30.5 Å². The Morgan fingerprint density at radius 2 is 1.75 bits per heavy atom. The predicted octanol–water partition coefficient (Wildman–Crippen LogP) is 5.95. The zero-order valence-corrected chi connectivity index (χ0v) is 15.1.